The second kappa shape index (κ2) is 7.12. The van der Waals surface area contributed by atoms with Crippen LogP contribution in [0.3, 0.4) is 0 Å². The van der Waals surface area contributed by atoms with Crippen LogP contribution < -0.4 is 5.32 Å². The predicted molar refractivity (Wildman–Crippen MR) is 103 cm³/mol. The van der Waals surface area contributed by atoms with Crippen LogP contribution in [0, 0.1) is 6.92 Å². The summed E-state index contributed by atoms with van der Waals surface area (Å²) in [6.45, 7) is 1.94. The quantitative estimate of drug-likeness (QED) is 0.527. The number of rotatable bonds is 4. The van der Waals surface area contributed by atoms with Crippen molar-refractivity contribution < 1.29 is 18.0 Å². The van der Waals surface area contributed by atoms with E-state index in [1.807, 2.05) is 30.3 Å². The molecule has 0 bridgehead atoms. The number of hydrogen-bond donors (Lipinski definition) is 2. The van der Waals surface area contributed by atoms with E-state index in [9.17, 15) is 18.0 Å². The molecule has 2 aromatic heterocycles. The second-order valence-electron chi connectivity index (χ2n) is 6.67. The van der Waals surface area contributed by atoms with E-state index in [4.69, 9.17) is 0 Å². The summed E-state index contributed by atoms with van der Waals surface area (Å²) in [6, 6.07) is 14.6. The smallest absolute Gasteiger partial charge is 0.357 e. The van der Waals surface area contributed by atoms with Crippen LogP contribution in [0.4, 0.5) is 13.2 Å². The number of hydrogen-bond acceptors (Lipinski definition) is 2. The molecule has 0 fully saturated rings. The van der Waals surface area contributed by atoms with Gasteiger partial charge >= 0.3 is 6.18 Å². The van der Waals surface area contributed by atoms with Crippen molar-refractivity contribution in [3.8, 4) is 5.69 Å². The molecule has 2 N–H and O–H groups in total. The molecule has 4 rings (SSSR count). The first-order valence-corrected chi connectivity index (χ1v) is 8.90. The van der Waals surface area contributed by atoms with E-state index in [0.29, 0.717) is 17.8 Å². The minimum absolute atomic E-state index is 0.243. The highest BCUT2D eigenvalue weighted by atomic mass is 19.4. The largest absolute Gasteiger partial charge is 0.416 e. The highest BCUT2D eigenvalue weighted by Gasteiger charge is 2.30. The average molecular weight is 398 g/mol. The first-order valence-electron chi connectivity index (χ1n) is 8.90. The van der Waals surface area contributed by atoms with Crippen LogP contribution in [-0.2, 0) is 12.7 Å². The lowest BCUT2D eigenvalue weighted by Gasteiger charge is -2.10. The first-order chi connectivity index (χ1) is 13.8. The molecule has 0 radical (unpaired) electrons. The molecule has 1 amide bonds. The van der Waals surface area contributed by atoms with Crippen molar-refractivity contribution in [2.24, 2.45) is 0 Å². The van der Waals surface area contributed by atoms with E-state index in [2.05, 4.69) is 15.4 Å². The van der Waals surface area contributed by atoms with Gasteiger partial charge in [0.05, 0.1) is 35.2 Å². The van der Waals surface area contributed by atoms with Gasteiger partial charge in [-0.2, -0.15) is 18.3 Å². The Labute approximate surface area is 164 Å². The average Bonchev–Trinajstić information content (AvgIpc) is 3.28. The number of fused-ring (bicyclic) bond motifs is 1. The molecular formula is C21H17F3N4O. The van der Waals surface area contributed by atoms with Crippen LogP contribution in [0.2, 0.25) is 0 Å². The number of carbonyl (C=O) groups excluding carboxylic acids is 1. The zero-order valence-corrected chi connectivity index (χ0v) is 15.4. The van der Waals surface area contributed by atoms with Gasteiger partial charge in [0.2, 0.25) is 0 Å². The third kappa shape index (κ3) is 3.73. The van der Waals surface area contributed by atoms with Crippen molar-refractivity contribution in [2.45, 2.75) is 19.6 Å². The van der Waals surface area contributed by atoms with Crippen molar-refractivity contribution in [1.29, 1.82) is 0 Å². The maximum absolute atomic E-state index is 13.0. The van der Waals surface area contributed by atoms with Crippen LogP contribution in [0.1, 0.15) is 27.3 Å². The number of amides is 1. The fourth-order valence-corrected chi connectivity index (χ4v) is 3.21. The number of aromatic amines is 1. The summed E-state index contributed by atoms with van der Waals surface area (Å²) in [6.07, 6.45) is -3.09. The van der Waals surface area contributed by atoms with Gasteiger partial charge in [-0.25, -0.2) is 4.68 Å². The highest BCUT2D eigenvalue weighted by Crippen LogP contribution is 2.30. The number of halogens is 3. The monoisotopic (exact) mass is 398 g/mol. The van der Waals surface area contributed by atoms with Gasteiger partial charge in [0.1, 0.15) is 0 Å². The summed E-state index contributed by atoms with van der Waals surface area (Å²) in [4.78, 5) is 15.8. The van der Waals surface area contributed by atoms with Crippen molar-refractivity contribution in [1.82, 2.24) is 20.1 Å². The van der Waals surface area contributed by atoms with Crippen molar-refractivity contribution >= 4 is 16.8 Å². The lowest BCUT2D eigenvalue weighted by atomic mass is 10.2. The minimum atomic E-state index is -4.45. The summed E-state index contributed by atoms with van der Waals surface area (Å²) < 4.78 is 40.2. The number of nitrogens with one attached hydrogen (secondary N) is 2. The van der Waals surface area contributed by atoms with E-state index in [1.165, 1.54) is 23.0 Å². The Morgan fingerprint density at radius 1 is 1.14 bits per heavy atom. The topological polar surface area (TPSA) is 62.7 Å². The van der Waals surface area contributed by atoms with Gasteiger partial charge in [0.15, 0.2) is 0 Å². The molecule has 0 aliphatic rings. The van der Waals surface area contributed by atoms with Crippen molar-refractivity contribution in [3.05, 3.63) is 83.3 Å². The van der Waals surface area contributed by atoms with Crippen LogP contribution in [-0.4, -0.2) is 20.7 Å². The molecule has 0 saturated heterocycles. The second-order valence-corrected chi connectivity index (χ2v) is 6.67. The van der Waals surface area contributed by atoms with E-state index < -0.39 is 11.7 Å². The fraction of sp³-hybridized carbons (Fsp3) is 0.143. The standard InChI is InChI=1S/C21H17F3N4O/c1-13-18(12-26-28(13)17-7-4-6-15(10-17)21(22,23)24)20(29)25-11-16-9-14-5-2-3-8-19(14)27-16/h2-10,12,27H,11H2,1H3,(H,25,29). The van der Waals surface area contributed by atoms with E-state index in [1.54, 1.807) is 6.92 Å². The van der Waals surface area contributed by atoms with Gasteiger partial charge < -0.3 is 10.3 Å². The van der Waals surface area contributed by atoms with Gasteiger partial charge in [-0.1, -0.05) is 24.3 Å². The Kier molecular flexibility index (Phi) is 4.62. The number of aromatic nitrogens is 3. The molecule has 29 heavy (non-hydrogen) atoms. The molecule has 0 saturated carbocycles. The summed E-state index contributed by atoms with van der Waals surface area (Å²) in [7, 11) is 0. The van der Waals surface area contributed by atoms with E-state index in [-0.39, 0.29) is 11.6 Å². The van der Waals surface area contributed by atoms with Gasteiger partial charge in [-0.3, -0.25) is 4.79 Å². The number of carbonyl (C=O) groups is 1. The number of H-pyrrole nitrogens is 1. The van der Waals surface area contributed by atoms with Gasteiger partial charge in [-0.15, -0.1) is 0 Å². The van der Waals surface area contributed by atoms with Gasteiger partial charge in [-0.05, 0) is 42.6 Å². The molecule has 4 aromatic rings. The summed E-state index contributed by atoms with van der Waals surface area (Å²) >= 11 is 0. The molecule has 0 aliphatic heterocycles. The van der Waals surface area contributed by atoms with Crippen molar-refractivity contribution in [2.75, 3.05) is 0 Å². The maximum Gasteiger partial charge on any atom is 0.416 e. The molecule has 0 unspecified atom stereocenters. The Bertz CT molecular complexity index is 1160. The van der Waals surface area contributed by atoms with Crippen molar-refractivity contribution in [3.63, 3.8) is 0 Å². The number of para-hydroxylation sites is 1. The number of alkyl halides is 3. The Hall–Kier alpha value is -3.55. The van der Waals surface area contributed by atoms with Gasteiger partial charge in [0, 0.05) is 11.2 Å². The third-order valence-corrected chi connectivity index (χ3v) is 4.70. The molecule has 2 aromatic carbocycles. The predicted octanol–water partition coefficient (Wildman–Crippen LogP) is 4.61. The van der Waals surface area contributed by atoms with Crippen LogP contribution in [0.15, 0.2) is 60.8 Å². The maximum atomic E-state index is 13.0. The lowest BCUT2D eigenvalue weighted by Crippen LogP contribution is -2.23. The van der Waals surface area contributed by atoms with E-state index in [0.717, 1.165) is 28.7 Å². The van der Waals surface area contributed by atoms with Crippen LogP contribution in [0.25, 0.3) is 16.6 Å². The summed E-state index contributed by atoms with van der Waals surface area (Å²) in [5.74, 6) is -0.348. The molecule has 0 spiro atoms. The van der Waals surface area contributed by atoms with Crippen LogP contribution >= 0.6 is 0 Å². The molecule has 5 nitrogen and oxygen atoms in total. The zero-order chi connectivity index (χ0) is 20.6. The Morgan fingerprint density at radius 2 is 1.93 bits per heavy atom. The van der Waals surface area contributed by atoms with E-state index >= 15 is 0 Å². The van der Waals surface area contributed by atoms with Gasteiger partial charge in [0.25, 0.3) is 5.91 Å². The molecule has 8 heteroatoms. The number of benzene rings is 2. The summed E-state index contributed by atoms with van der Waals surface area (Å²) in [5.41, 5.74) is 2.06. The molecule has 0 atom stereocenters. The summed E-state index contributed by atoms with van der Waals surface area (Å²) in [5, 5.41) is 7.96. The third-order valence-electron chi connectivity index (χ3n) is 4.70. The molecule has 0 aliphatic carbocycles. The Balaban J connectivity index is 1.52. The minimum Gasteiger partial charge on any atom is -0.357 e. The zero-order valence-electron chi connectivity index (χ0n) is 15.4. The normalized spacial score (nSPS) is 11.7. The molecule has 2 heterocycles. The lowest BCUT2D eigenvalue weighted by molar-refractivity contribution is -0.137. The van der Waals surface area contributed by atoms with Crippen LogP contribution in [0.5, 0.6) is 0 Å². The SMILES string of the molecule is Cc1c(C(=O)NCc2cc3ccccc3[nH]2)cnn1-c1cccc(C(F)(F)F)c1. The fourth-order valence-electron chi connectivity index (χ4n) is 3.21. The Morgan fingerprint density at radius 3 is 2.69 bits per heavy atom. The molecular weight excluding hydrogens is 381 g/mol. The first kappa shape index (κ1) is 18.8. The highest BCUT2D eigenvalue weighted by molar-refractivity contribution is 5.95. The molecule has 148 valence electrons. The number of nitrogens with zero attached hydrogens (tertiary/aromatic N) is 2.